The fourth-order valence-electron chi connectivity index (χ4n) is 1.63. The number of hydrogen-bond donors (Lipinski definition) is 0. The summed E-state index contributed by atoms with van der Waals surface area (Å²) in [6, 6.07) is 9.95. The van der Waals surface area contributed by atoms with Crippen molar-refractivity contribution in [2.24, 2.45) is 0 Å². The van der Waals surface area contributed by atoms with Gasteiger partial charge >= 0.3 is 0 Å². The number of pyridine rings is 1. The summed E-state index contributed by atoms with van der Waals surface area (Å²) in [6.07, 6.45) is 5.15. The number of amides is 1. The van der Waals surface area contributed by atoms with E-state index in [9.17, 15) is 4.79 Å². The quantitative estimate of drug-likeness (QED) is 0.773. The lowest BCUT2D eigenvalue weighted by molar-refractivity contribution is -0.124. The topological polar surface area (TPSA) is 33.2 Å². The molecule has 0 unspecified atom stereocenters. The van der Waals surface area contributed by atoms with Crippen molar-refractivity contribution in [3.8, 4) is 0 Å². The molecule has 0 N–H and O–H groups in total. The second-order valence-electron chi connectivity index (χ2n) is 4.15. The maximum absolute atomic E-state index is 11.6. The van der Waals surface area contributed by atoms with Crippen LogP contribution in [0.2, 0.25) is 0 Å². The second-order valence-corrected chi connectivity index (χ2v) is 4.15. The molecule has 0 atom stereocenters. The van der Waals surface area contributed by atoms with Crippen LogP contribution in [0.3, 0.4) is 0 Å². The SMILES string of the molecule is CCN(C)C(=O)/C=C/c1cnc2ccccc2c1. The van der Waals surface area contributed by atoms with Gasteiger partial charge in [0.1, 0.15) is 0 Å². The Morgan fingerprint density at radius 3 is 2.94 bits per heavy atom. The van der Waals surface area contributed by atoms with E-state index in [4.69, 9.17) is 0 Å². The zero-order chi connectivity index (χ0) is 13.0. The van der Waals surface area contributed by atoms with Crippen LogP contribution in [0.15, 0.2) is 42.6 Å². The average molecular weight is 240 g/mol. The highest BCUT2D eigenvalue weighted by atomic mass is 16.2. The number of carbonyl (C=O) groups excluding carboxylic acids is 1. The van der Waals surface area contributed by atoms with E-state index < -0.39 is 0 Å². The van der Waals surface area contributed by atoms with E-state index in [0.29, 0.717) is 6.54 Å². The van der Waals surface area contributed by atoms with Gasteiger partial charge in [-0.3, -0.25) is 9.78 Å². The van der Waals surface area contributed by atoms with Gasteiger partial charge in [0.25, 0.3) is 0 Å². The third kappa shape index (κ3) is 2.74. The van der Waals surface area contributed by atoms with Gasteiger partial charge in [-0.15, -0.1) is 0 Å². The summed E-state index contributed by atoms with van der Waals surface area (Å²) in [5.74, 6) is 0.00524. The standard InChI is InChI=1S/C15H16N2O/c1-3-17(2)15(18)9-8-12-10-13-6-4-5-7-14(13)16-11-12/h4-11H,3H2,1-2H3/b9-8+. The number of para-hydroxylation sites is 1. The van der Waals surface area contributed by atoms with Crippen molar-refractivity contribution < 1.29 is 4.79 Å². The summed E-state index contributed by atoms with van der Waals surface area (Å²) < 4.78 is 0. The van der Waals surface area contributed by atoms with Crippen LogP contribution < -0.4 is 0 Å². The molecule has 1 aromatic carbocycles. The number of rotatable bonds is 3. The highest BCUT2D eigenvalue weighted by molar-refractivity contribution is 5.92. The fraction of sp³-hybridized carbons (Fsp3) is 0.200. The Balaban J connectivity index is 2.22. The minimum Gasteiger partial charge on any atom is -0.343 e. The molecule has 0 saturated heterocycles. The summed E-state index contributed by atoms with van der Waals surface area (Å²) in [6.45, 7) is 2.66. The molecule has 3 nitrogen and oxygen atoms in total. The van der Waals surface area contributed by atoms with Crippen LogP contribution in [0, 0.1) is 0 Å². The predicted octanol–water partition coefficient (Wildman–Crippen LogP) is 2.73. The van der Waals surface area contributed by atoms with E-state index in [0.717, 1.165) is 16.5 Å². The Morgan fingerprint density at radius 2 is 2.17 bits per heavy atom. The van der Waals surface area contributed by atoms with E-state index in [1.54, 1.807) is 30.3 Å². The van der Waals surface area contributed by atoms with Crippen LogP contribution in [0.25, 0.3) is 17.0 Å². The number of benzene rings is 1. The lowest BCUT2D eigenvalue weighted by Gasteiger charge is -2.10. The highest BCUT2D eigenvalue weighted by Gasteiger charge is 2.01. The first-order valence-electron chi connectivity index (χ1n) is 5.98. The van der Waals surface area contributed by atoms with Gasteiger partial charge in [0.2, 0.25) is 5.91 Å². The zero-order valence-corrected chi connectivity index (χ0v) is 10.6. The lowest BCUT2D eigenvalue weighted by Crippen LogP contribution is -2.23. The van der Waals surface area contributed by atoms with Gasteiger partial charge in [-0.05, 0) is 30.7 Å². The Kier molecular flexibility index (Phi) is 3.72. The minimum absolute atomic E-state index is 0.00524. The molecule has 1 heterocycles. The first kappa shape index (κ1) is 12.3. The van der Waals surface area contributed by atoms with E-state index in [1.165, 1.54) is 0 Å². The van der Waals surface area contributed by atoms with Gasteiger partial charge in [0, 0.05) is 31.3 Å². The number of hydrogen-bond acceptors (Lipinski definition) is 2. The van der Waals surface area contributed by atoms with Crippen molar-refractivity contribution in [2.45, 2.75) is 6.92 Å². The van der Waals surface area contributed by atoms with E-state index in [-0.39, 0.29) is 5.91 Å². The molecular formula is C15H16N2O. The number of likely N-dealkylation sites (N-methyl/N-ethyl adjacent to an activating group) is 1. The lowest BCUT2D eigenvalue weighted by atomic mass is 10.1. The number of fused-ring (bicyclic) bond motifs is 1. The molecule has 0 aliphatic rings. The molecule has 0 bridgehead atoms. The summed E-state index contributed by atoms with van der Waals surface area (Å²) >= 11 is 0. The van der Waals surface area contributed by atoms with Gasteiger partial charge in [-0.25, -0.2) is 0 Å². The largest absolute Gasteiger partial charge is 0.343 e. The Hall–Kier alpha value is -2.16. The maximum Gasteiger partial charge on any atom is 0.246 e. The minimum atomic E-state index is 0.00524. The summed E-state index contributed by atoms with van der Waals surface area (Å²) in [5.41, 5.74) is 1.90. The predicted molar refractivity (Wildman–Crippen MR) is 74.1 cm³/mol. The molecule has 18 heavy (non-hydrogen) atoms. The average Bonchev–Trinajstić information content (AvgIpc) is 2.43. The normalized spacial score (nSPS) is 11.0. The molecule has 92 valence electrons. The third-order valence-corrected chi connectivity index (χ3v) is 2.88. The summed E-state index contributed by atoms with van der Waals surface area (Å²) in [4.78, 5) is 17.6. The van der Waals surface area contributed by atoms with Crippen LogP contribution in [0.1, 0.15) is 12.5 Å². The Bertz CT molecular complexity index is 590. The monoisotopic (exact) mass is 240 g/mol. The highest BCUT2D eigenvalue weighted by Crippen LogP contribution is 2.13. The van der Waals surface area contributed by atoms with Gasteiger partial charge < -0.3 is 4.90 Å². The van der Waals surface area contributed by atoms with Crippen LogP contribution in [0.5, 0.6) is 0 Å². The van der Waals surface area contributed by atoms with Gasteiger partial charge in [0.05, 0.1) is 5.52 Å². The molecule has 2 rings (SSSR count). The molecule has 3 heteroatoms. The van der Waals surface area contributed by atoms with Gasteiger partial charge in [-0.1, -0.05) is 18.2 Å². The first-order chi connectivity index (χ1) is 8.70. The van der Waals surface area contributed by atoms with Crippen LogP contribution in [0.4, 0.5) is 0 Å². The molecule has 0 aliphatic carbocycles. The summed E-state index contributed by atoms with van der Waals surface area (Å²) in [5, 5.41) is 1.08. The maximum atomic E-state index is 11.6. The smallest absolute Gasteiger partial charge is 0.246 e. The second kappa shape index (κ2) is 5.45. The van der Waals surface area contributed by atoms with Crippen LogP contribution in [-0.2, 0) is 4.79 Å². The van der Waals surface area contributed by atoms with Gasteiger partial charge in [-0.2, -0.15) is 0 Å². The molecule has 0 radical (unpaired) electrons. The van der Waals surface area contributed by atoms with Crippen molar-refractivity contribution in [1.29, 1.82) is 0 Å². The molecular weight excluding hydrogens is 224 g/mol. The molecule has 1 aromatic heterocycles. The molecule has 2 aromatic rings. The molecule has 0 saturated carbocycles. The van der Waals surface area contributed by atoms with Crippen molar-refractivity contribution in [3.05, 3.63) is 48.2 Å². The molecule has 0 spiro atoms. The number of aromatic nitrogens is 1. The first-order valence-corrected chi connectivity index (χ1v) is 5.98. The van der Waals surface area contributed by atoms with E-state index in [2.05, 4.69) is 4.98 Å². The van der Waals surface area contributed by atoms with Crippen molar-refractivity contribution >= 4 is 22.9 Å². The number of carbonyl (C=O) groups is 1. The fourth-order valence-corrected chi connectivity index (χ4v) is 1.63. The van der Waals surface area contributed by atoms with Crippen LogP contribution in [-0.4, -0.2) is 29.4 Å². The molecule has 0 fully saturated rings. The van der Waals surface area contributed by atoms with Crippen LogP contribution >= 0.6 is 0 Å². The van der Waals surface area contributed by atoms with E-state index in [1.807, 2.05) is 37.3 Å². The summed E-state index contributed by atoms with van der Waals surface area (Å²) in [7, 11) is 1.78. The van der Waals surface area contributed by atoms with Crippen molar-refractivity contribution in [3.63, 3.8) is 0 Å². The molecule has 1 amide bonds. The van der Waals surface area contributed by atoms with E-state index >= 15 is 0 Å². The Labute approximate surface area is 107 Å². The third-order valence-electron chi connectivity index (χ3n) is 2.88. The van der Waals surface area contributed by atoms with Gasteiger partial charge in [0.15, 0.2) is 0 Å². The van der Waals surface area contributed by atoms with Crippen molar-refractivity contribution in [1.82, 2.24) is 9.88 Å². The molecule has 0 aliphatic heterocycles. The van der Waals surface area contributed by atoms with Crippen molar-refractivity contribution in [2.75, 3.05) is 13.6 Å². The Morgan fingerprint density at radius 1 is 1.39 bits per heavy atom. The number of nitrogens with zero attached hydrogens (tertiary/aromatic N) is 2. The zero-order valence-electron chi connectivity index (χ0n) is 10.6.